The number of ether oxygens (including phenoxy) is 1. The number of alkyl halides is 1. The van der Waals surface area contributed by atoms with Gasteiger partial charge in [-0.3, -0.25) is 4.90 Å². The molecule has 1 aliphatic heterocycles. The number of hydrogen-bond donors (Lipinski definition) is 1. The van der Waals surface area contributed by atoms with E-state index in [1.54, 1.807) is 9.03 Å². The number of halogens is 1. The van der Waals surface area contributed by atoms with E-state index < -0.39 is 5.67 Å². The molecule has 10 heteroatoms. The van der Waals surface area contributed by atoms with Crippen LogP contribution in [-0.4, -0.2) is 47.2 Å². The molecular formula is C31H29FN8O. The van der Waals surface area contributed by atoms with Crippen LogP contribution in [0.1, 0.15) is 29.5 Å². The summed E-state index contributed by atoms with van der Waals surface area (Å²) in [6.07, 6.45) is 7.44. The van der Waals surface area contributed by atoms with Crippen molar-refractivity contribution in [2.45, 2.75) is 32.0 Å². The van der Waals surface area contributed by atoms with Crippen LogP contribution in [0.5, 0.6) is 11.5 Å². The fourth-order valence-corrected chi connectivity index (χ4v) is 5.55. The molecule has 0 amide bonds. The fraction of sp³-hybridized carbons (Fsp3) is 0.226. The molecular weight excluding hydrogens is 519 g/mol. The second kappa shape index (κ2) is 10.3. The predicted molar refractivity (Wildman–Crippen MR) is 154 cm³/mol. The van der Waals surface area contributed by atoms with Crippen molar-refractivity contribution >= 4 is 22.7 Å². The van der Waals surface area contributed by atoms with Crippen LogP contribution in [0.4, 0.5) is 15.9 Å². The summed E-state index contributed by atoms with van der Waals surface area (Å²) >= 11 is 0. The second-order valence-corrected chi connectivity index (χ2v) is 10.5. The zero-order valence-electron chi connectivity index (χ0n) is 22.6. The van der Waals surface area contributed by atoms with E-state index in [1.165, 1.54) is 18.2 Å². The molecule has 1 saturated heterocycles. The van der Waals surface area contributed by atoms with E-state index in [0.29, 0.717) is 54.2 Å². The highest BCUT2D eigenvalue weighted by molar-refractivity contribution is 5.78. The molecule has 5 heterocycles. The van der Waals surface area contributed by atoms with Crippen LogP contribution in [0.2, 0.25) is 0 Å². The van der Waals surface area contributed by atoms with Gasteiger partial charge in [0.1, 0.15) is 35.3 Å². The van der Waals surface area contributed by atoms with Crippen LogP contribution in [0, 0.1) is 6.92 Å². The number of aromatic nitrogens is 6. The summed E-state index contributed by atoms with van der Waals surface area (Å²) in [5.41, 5.74) is 3.54. The largest absolute Gasteiger partial charge is 0.457 e. The topological polar surface area (TPSA) is 84.9 Å². The quantitative estimate of drug-likeness (QED) is 0.259. The molecule has 0 saturated carbocycles. The van der Waals surface area contributed by atoms with Crippen molar-refractivity contribution in [2.24, 2.45) is 0 Å². The van der Waals surface area contributed by atoms with Gasteiger partial charge in [0.25, 0.3) is 0 Å². The molecule has 7 rings (SSSR count). The van der Waals surface area contributed by atoms with Gasteiger partial charge >= 0.3 is 0 Å². The number of nitrogens with one attached hydrogen (secondary N) is 1. The summed E-state index contributed by atoms with van der Waals surface area (Å²) in [5.74, 6) is 1.96. The van der Waals surface area contributed by atoms with Crippen LogP contribution in [0.15, 0.2) is 91.8 Å². The third kappa shape index (κ3) is 4.98. The number of aryl methyl sites for hydroxylation is 1. The van der Waals surface area contributed by atoms with E-state index in [4.69, 9.17) is 4.74 Å². The van der Waals surface area contributed by atoms with E-state index in [0.717, 1.165) is 23.5 Å². The first-order valence-electron chi connectivity index (χ1n) is 13.7. The summed E-state index contributed by atoms with van der Waals surface area (Å²) in [6.45, 7) is 4.18. The van der Waals surface area contributed by atoms with Crippen molar-refractivity contribution in [3.63, 3.8) is 0 Å². The fourth-order valence-electron chi connectivity index (χ4n) is 5.55. The van der Waals surface area contributed by atoms with Crippen molar-refractivity contribution in [3.8, 4) is 11.5 Å². The van der Waals surface area contributed by atoms with Gasteiger partial charge < -0.3 is 10.1 Å². The third-order valence-corrected chi connectivity index (χ3v) is 7.75. The molecule has 1 N–H and O–H groups in total. The predicted octanol–water partition coefficient (Wildman–Crippen LogP) is 6.08. The van der Waals surface area contributed by atoms with Gasteiger partial charge in [-0.25, -0.2) is 23.4 Å². The molecule has 0 unspecified atom stereocenters. The molecule has 206 valence electrons. The summed E-state index contributed by atoms with van der Waals surface area (Å²) in [5, 5.41) is 11.9. The molecule has 2 aromatic carbocycles. The molecule has 4 aromatic heterocycles. The third-order valence-electron chi connectivity index (χ3n) is 7.75. The maximum absolute atomic E-state index is 16.6. The average Bonchev–Trinajstić information content (AvgIpc) is 3.64. The number of anilines is 2. The second-order valence-electron chi connectivity index (χ2n) is 10.5. The molecule has 9 nitrogen and oxygen atoms in total. The molecule has 0 bridgehead atoms. The first-order valence-corrected chi connectivity index (χ1v) is 13.7. The molecule has 0 aliphatic carbocycles. The first-order chi connectivity index (χ1) is 20.0. The lowest BCUT2D eigenvalue weighted by atomic mass is 9.86. The number of nitrogens with zero attached hydrogens (tertiary/aromatic N) is 7. The zero-order chi connectivity index (χ0) is 27.8. The summed E-state index contributed by atoms with van der Waals surface area (Å²) < 4.78 is 26.0. The van der Waals surface area contributed by atoms with E-state index >= 15 is 4.39 Å². The molecule has 6 aromatic rings. The normalized spacial score (nSPS) is 15.4. The van der Waals surface area contributed by atoms with Crippen molar-refractivity contribution in [1.82, 2.24) is 34.1 Å². The standard InChI is InChI=1S/C31H29FN8O/c1-22-17-24(7-8-27(22)41-25-9-13-39-28(18-25)33-20-35-39)37-30-29-26(10-14-40(29)36-21-34-30)31(32)11-15-38(16-12-31)19-23-5-3-2-4-6-23/h2-10,13-14,17-18,20-21H,11-12,15-16,19H2,1H3,(H,34,36,37). The van der Waals surface area contributed by atoms with Gasteiger partial charge in [-0.1, -0.05) is 30.3 Å². The Hall–Kier alpha value is -4.83. The maximum Gasteiger partial charge on any atom is 0.158 e. The number of fused-ring (bicyclic) bond motifs is 2. The highest BCUT2D eigenvalue weighted by atomic mass is 19.1. The van der Waals surface area contributed by atoms with E-state index in [-0.39, 0.29) is 0 Å². The number of hydrogen-bond acceptors (Lipinski definition) is 7. The number of piperidine rings is 1. The highest BCUT2D eigenvalue weighted by Gasteiger charge is 2.39. The molecule has 0 atom stereocenters. The van der Waals surface area contributed by atoms with Crippen LogP contribution >= 0.6 is 0 Å². The first kappa shape index (κ1) is 25.2. The van der Waals surface area contributed by atoms with Crippen LogP contribution < -0.4 is 10.1 Å². The number of rotatable bonds is 7. The van der Waals surface area contributed by atoms with E-state index in [9.17, 15) is 0 Å². The van der Waals surface area contributed by atoms with E-state index in [2.05, 4.69) is 42.5 Å². The Balaban J connectivity index is 1.10. The lowest BCUT2D eigenvalue weighted by Crippen LogP contribution is -2.39. The molecule has 1 aliphatic rings. The SMILES string of the molecule is Cc1cc(Nc2ncnn3ccc(C4(F)CCN(Cc5ccccc5)CC4)c23)ccc1Oc1ccn2ncnc2c1. The Bertz CT molecular complexity index is 1820. The van der Waals surface area contributed by atoms with Crippen LogP contribution in [0.25, 0.3) is 11.2 Å². The van der Waals surface area contributed by atoms with Gasteiger partial charge in [0.05, 0.1) is 0 Å². The van der Waals surface area contributed by atoms with Gasteiger partial charge in [-0.15, -0.1) is 0 Å². The lowest BCUT2D eigenvalue weighted by molar-refractivity contribution is 0.0538. The Morgan fingerprint density at radius 2 is 1.68 bits per heavy atom. The van der Waals surface area contributed by atoms with Gasteiger partial charge in [-0.05, 0) is 61.2 Å². The smallest absolute Gasteiger partial charge is 0.158 e. The summed E-state index contributed by atoms with van der Waals surface area (Å²) in [6, 6.07) is 21.7. The number of benzene rings is 2. The van der Waals surface area contributed by atoms with Crippen LogP contribution in [0.3, 0.4) is 0 Å². The minimum Gasteiger partial charge on any atom is -0.457 e. The van der Waals surface area contributed by atoms with Gasteiger partial charge in [0, 0.05) is 49.3 Å². The van der Waals surface area contributed by atoms with Gasteiger partial charge in [0.2, 0.25) is 0 Å². The minimum absolute atomic E-state index is 0.416. The molecule has 41 heavy (non-hydrogen) atoms. The minimum atomic E-state index is -1.46. The Kier molecular flexibility index (Phi) is 6.31. The van der Waals surface area contributed by atoms with Crippen molar-refractivity contribution < 1.29 is 9.13 Å². The monoisotopic (exact) mass is 548 g/mol. The van der Waals surface area contributed by atoms with Crippen molar-refractivity contribution in [3.05, 3.63) is 108 Å². The Morgan fingerprint density at radius 1 is 0.902 bits per heavy atom. The summed E-state index contributed by atoms with van der Waals surface area (Å²) in [4.78, 5) is 11.0. The number of pyridine rings is 1. The Labute approximate surface area is 236 Å². The van der Waals surface area contributed by atoms with Gasteiger partial charge in [0.15, 0.2) is 11.5 Å². The van der Waals surface area contributed by atoms with Crippen LogP contribution in [-0.2, 0) is 12.2 Å². The molecule has 0 spiro atoms. The summed E-state index contributed by atoms with van der Waals surface area (Å²) in [7, 11) is 0. The average molecular weight is 549 g/mol. The number of likely N-dealkylation sites (tertiary alicyclic amines) is 1. The molecule has 0 radical (unpaired) electrons. The van der Waals surface area contributed by atoms with Crippen molar-refractivity contribution in [2.75, 3.05) is 18.4 Å². The zero-order valence-corrected chi connectivity index (χ0v) is 22.6. The van der Waals surface area contributed by atoms with Gasteiger partial charge in [-0.2, -0.15) is 10.2 Å². The van der Waals surface area contributed by atoms with E-state index in [1.807, 2.05) is 73.9 Å². The Morgan fingerprint density at radius 3 is 2.51 bits per heavy atom. The maximum atomic E-state index is 16.6. The molecule has 1 fully saturated rings. The lowest BCUT2D eigenvalue weighted by Gasteiger charge is -2.36. The van der Waals surface area contributed by atoms with Crippen molar-refractivity contribution in [1.29, 1.82) is 0 Å². The highest BCUT2D eigenvalue weighted by Crippen LogP contribution is 2.41.